The maximum atomic E-state index is 13.2. The number of aromatic nitrogens is 1. The summed E-state index contributed by atoms with van der Waals surface area (Å²) in [7, 11) is 0. The van der Waals surface area contributed by atoms with Gasteiger partial charge in [-0.25, -0.2) is 4.98 Å². The Morgan fingerprint density at radius 1 is 1.04 bits per heavy atom. The quantitative estimate of drug-likeness (QED) is 0.669. The van der Waals surface area contributed by atoms with Crippen molar-refractivity contribution in [1.29, 1.82) is 5.26 Å². The first-order chi connectivity index (χ1) is 12.9. The number of halogens is 3. The Balaban J connectivity index is 2.35. The summed E-state index contributed by atoms with van der Waals surface area (Å²) in [4.78, 5) is 4.38. The van der Waals surface area contributed by atoms with Gasteiger partial charge in [-0.05, 0) is 29.7 Å². The molecule has 0 aliphatic heterocycles. The maximum absolute atomic E-state index is 13.2. The fourth-order valence-corrected chi connectivity index (χ4v) is 3.10. The second-order valence-corrected chi connectivity index (χ2v) is 5.98. The summed E-state index contributed by atoms with van der Waals surface area (Å²) >= 11 is 0. The molecule has 0 unspecified atom stereocenters. The lowest BCUT2D eigenvalue weighted by atomic mass is 9.90. The highest BCUT2D eigenvalue weighted by Crippen LogP contribution is 2.39. The number of rotatable bonds is 3. The predicted molar refractivity (Wildman–Crippen MR) is 98.6 cm³/mol. The molecule has 3 rings (SSSR count). The summed E-state index contributed by atoms with van der Waals surface area (Å²) in [5.74, 6) is 0.000893. The Bertz CT molecular complexity index is 1020. The number of hydrogen-bond donors (Lipinski definition) is 1. The Labute approximate surface area is 154 Å². The van der Waals surface area contributed by atoms with Gasteiger partial charge in [-0.1, -0.05) is 49.4 Å². The lowest BCUT2D eigenvalue weighted by Gasteiger charge is -2.18. The van der Waals surface area contributed by atoms with Gasteiger partial charge in [0.05, 0.1) is 11.3 Å². The summed E-state index contributed by atoms with van der Waals surface area (Å²) < 4.78 is 39.5. The van der Waals surface area contributed by atoms with Crippen LogP contribution in [0, 0.1) is 11.3 Å². The molecular formula is C21H16F3N3. The van der Waals surface area contributed by atoms with Crippen molar-refractivity contribution in [2.45, 2.75) is 19.5 Å². The molecule has 0 atom stereocenters. The van der Waals surface area contributed by atoms with Crippen LogP contribution in [-0.4, -0.2) is 4.98 Å². The van der Waals surface area contributed by atoms with Crippen LogP contribution in [0.5, 0.6) is 0 Å². The zero-order valence-electron chi connectivity index (χ0n) is 14.5. The standard InChI is InChI=1S/C21H16F3N3/c1-2-16-18(14-9-6-10-15(11-14)21(22,23)24)17(12-25)20(26)27-19(16)13-7-4-3-5-8-13/h3-11H,2H2,1H3,(H2,26,27). The highest BCUT2D eigenvalue weighted by Gasteiger charge is 2.31. The second kappa shape index (κ2) is 7.12. The van der Waals surface area contributed by atoms with E-state index in [1.54, 1.807) is 6.07 Å². The number of nitrogens with two attached hydrogens (primary N) is 1. The average molecular weight is 367 g/mol. The molecule has 0 aliphatic rings. The molecule has 0 saturated carbocycles. The molecule has 0 bridgehead atoms. The number of nitriles is 1. The lowest BCUT2D eigenvalue weighted by molar-refractivity contribution is -0.137. The summed E-state index contributed by atoms with van der Waals surface area (Å²) in [5.41, 5.74) is 8.06. The van der Waals surface area contributed by atoms with Crippen LogP contribution in [0.2, 0.25) is 0 Å². The van der Waals surface area contributed by atoms with Crippen LogP contribution in [0.3, 0.4) is 0 Å². The number of anilines is 1. The van der Waals surface area contributed by atoms with Crippen molar-refractivity contribution in [3.8, 4) is 28.5 Å². The topological polar surface area (TPSA) is 62.7 Å². The molecule has 1 heterocycles. The number of benzene rings is 2. The van der Waals surface area contributed by atoms with E-state index in [-0.39, 0.29) is 11.4 Å². The third kappa shape index (κ3) is 3.49. The smallest absolute Gasteiger partial charge is 0.383 e. The molecule has 3 aromatic rings. The van der Waals surface area contributed by atoms with Crippen molar-refractivity contribution >= 4 is 5.82 Å². The van der Waals surface area contributed by atoms with Crippen molar-refractivity contribution in [2.24, 2.45) is 0 Å². The van der Waals surface area contributed by atoms with Crippen molar-refractivity contribution in [3.05, 3.63) is 71.3 Å². The van der Waals surface area contributed by atoms with Gasteiger partial charge in [-0.3, -0.25) is 0 Å². The van der Waals surface area contributed by atoms with Gasteiger partial charge in [0.1, 0.15) is 17.5 Å². The SMILES string of the molecule is CCc1c(-c2ccccc2)nc(N)c(C#N)c1-c1cccc(C(F)(F)F)c1. The third-order valence-electron chi connectivity index (χ3n) is 4.32. The Morgan fingerprint density at radius 2 is 1.70 bits per heavy atom. The van der Waals surface area contributed by atoms with Crippen LogP contribution in [0.15, 0.2) is 54.6 Å². The number of nitrogens with zero attached hydrogens (tertiary/aromatic N) is 2. The number of pyridine rings is 1. The molecular weight excluding hydrogens is 351 g/mol. The van der Waals surface area contributed by atoms with E-state index in [2.05, 4.69) is 4.98 Å². The van der Waals surface area contributed by atoms with E-state index in [0.717, 1.165) is 17.7 Å². The van der Waals surface area contributed by atoms with Gasteiger partial charge in [-0.2, -0.15) is 18.4 Å². The van der Waals surface area contributed by atoms with Crippen LogP contribution in [0.4, 0.5) is 19.0 Å². The van der Waals surface area contributed by atoms with Gasteiger partial charge in [-0.15, -0.1) is 0 Å². The van der Waals surface area contributed by atoms with Crippen molar-refractivity contribution < 1.29 is 13.2 Å². The zero-order valence-corrected chi connectivity index (χ0v) is 14.5. The van der Waals surface area contributed by atoms with Gasteiger partial charge in [0.2, 0.25) is 0 Å². The molecule has 6 heteroatoms. The largest absolute Gasteiger partial charge is 0.416 e. The van der Waals surface area contributed by atoms with Crippen LogP contribution in [0.25, 0.3) is 22.4 Å². The van der Waals surface area contributed by atoms with Gasteiger partial charge >= 0.3 is 6.18 Å². The van der Waals surface area contributed by atoms with Crippen LogP contribution in [-0.2, 0) is 12.6 Å². The minimum Gasteiger partial charge on any atom is -0.383 e. The van der Waals surface area contributed by atoms with Crippen molar-refractivity contribution in [3.63, 3.8) is 0 Å². The van der Waals surface area contributed by atoms with Gasteiger partial charge in [0.15, 0.2) is 0 Å². The molecule has 1 aromatic heterocycles. The summed E-state index contributed by atoms with van der Waals surface area (Å²) in [6.45, 7) is 1.87. The van der Waals surface area contributed by atoms with E-state index in [0.29, 0.717) is 28.8 Å². The minimum absolute atomic E-state index is 0.000893. The highest BCUT2D eigenvalue weighted by molar-refractivity contribution is 5.84. The molecule has 0 radical (unpaired) electrons. The number of hydrogen-bond acceptors (Lipinski definition) is 3. The van der Waals surface area contributed by atoms with Crippen LogP contribution < -0.4 is 5.73 Å². The molecule has 0 saturated heterocycles. The van der Waals surface area contributed by atoms with E-state index < -0.39 is 11.7 Å². The first kappa shape index (κ1) is 18.5. The second-order valence-electron chi connectivity index (χ2n) is 5.98. The van der Waals surface area contributed by atoms with E-state index in [4.69, 9.17) is 5.73 Å². The van der Waals surface area contributed by atoms with E-state index in [1.807, 2.05) is 43.3 Å². The molecule has 27 heavy (non-hydrogen) atoms. The monoisotopic (exact) mass is 367 g/mol. The summed E-state index contributed by atoms with van der Waals surface area (Å²) in [6, 6.07) is 16.2. The van der Waals surface area contributed by atoms with E-state index in [9.17, 15) is 18.4 Å². The van der Waals surface area contributed by atoms with Crippen LogP contribution >= 0.6 is 0 Å². The van der Waals surface area contributed by atoms with E-state index >= 15 is 0 Å². The Hall–Kier alpha value is -3.33. The van der Waals surface area contributed by atoms with Crippen LogP contribution in [0.1, 0.15) is 23.6 Å². The molecule has 2 N–H and O–H groups in total. The Kier molecular flexibility index (Phi) is 4.87. The first-order valence-electron chi connectivity index (χ1n) is 8.32. The molecule has 0 aliphatic carbocycles. The molecule has 2 aromatic carbocycles. The first-order valence-corrected chi connectivity index (χ1v) is 8.32. The predicted octanol–water partition coefficient (Wildman–Crippen LogP) is 5.45. The third-order valence-corrected chi connectivity index (χ3v) is 4.32. The highest BCUT2D eigenvalue weighted by atomic mass is 19.4. The lowest BCUT2D eigenvalue weighted by Crippen LogP contribution is -2.07. The zero-order chi connectivity index (χ0) is 19.6. The number of nitrogen functional groups attached to an aromatic ring is 1. The van der Waals surface area contributed by atoms with E-state index in [1.165, 1.54) is 6.07 Å². The summed E-state index contributed by atoms with van der Waals surface area (Å²) in [6.07, 6.45) is -3.99. The molecule has 3 nitrogen and oxygen atoms in total. The molecule has 136 valence electrons. The van der Waals surface area contributed by atoms with Crippen molar-refractivity contribution in [2.75, 3.05) is 5.73 Å². The van der Waals surface area contributed by atoms with Gasteiger partial charge in [0, 0.05) is 11.1 Å². The summed E-state index contributed by atoms with van der Waals surface area (Å²) in [5, 5.41) is 9.58. The minimum atomic E-state index is -4.48. The van der Waals surface area contributed by atoms with Gasteiger partial charge < -0.3 is 5.73 Å². The Morgan fingerprint density at radius 3 is 2.30 bits per heavy atom. The average Bonchev–Trinajstić information content (AvgIpc) is 2.67. The molecule has 0 fully saturated rings. The normalized spacial score (nSPS) is 11.2. The molecule has 0 spiro atoms. The fraction of sp³-hybridized carbons (Fsp3) is 0.143. The van der Waals surface area contributed by atoms with Gasteiger partial charge in [0.25, 0.3) is 0 Å². The number of alkyl halides is 3. The maximum Gasteiger partial charge on any atom is 0.416 e. The van der Waals surface area contributed by atoms with Crippen molar-refractivity contribution in [1.82, 2.24) is 4.98 Å². The fourth-order valence-electron chi connectivity index (χ4n) is 3.10. The molecule has 0 amide bonds.